The molecule has 1 aliphatic rings. The molecule has 1 fully saturated rings. The van der Waals surface area contributed by atoms with Crippen LogP contribution >= 0.6 is 11.6 Å². The Bertz CT molecular complexity index is 561. The lowest BCUT2D eigenvalue weighted by Crippen LogP contribution is -2.50. The van der Waals surface area contributed by atoms with Gasteiger partial charge in [-0.05, 0) is 26.1 Å². The van der Waals surface area contributed by atoms with Gasteiger partial charge < -0.3 is 15.0 Å². The fourth-order valence-electron chi connectivity index (χ4n) is 2.35. The molecule has 0 bridgehead atoms. The van der Waals surface area contributed by atoms with Crippen molar-refractivity contribution in [1.82, 2.24) is 9.80 Å². The Kier molecular flexibility index (Phi) is 6.38. The molecule has 2 rings (SSSR count). The molecule has 0 saturated carbocycles. The Hall–Kier alpha value is -1.63. The minimum Gasteiger partial charge on any atom is -0.378 e. The zero-order chi connectivity index (χ0) is 16.8. The summed E-state index contributed by atoms with van der Waals surface area (Å²) >= 11 is 6.02. The van der Waals surface area contributed by atoms with Gasteiger partial charge in [0.25, 0.3) is 0 Å². The van der Waals surface area contributed by atoms with Crippen LogP contribution in [0.1, 0.15) is 6.92 Å². The van der Waals surface area contributed by atoms with E-state index in [1.165, 1.54) is 0 Å². The Morgan fingerprint density at radius 2 is 2.00 bits per heavy atom. The minimum atomic E-state index is -0.370. The molecule has 1 aliphatic heterocycles. The molecule has 0 aromatic heterocycles. The van der Waals surface area contributed by atoms with Gasteiger partial charge in [0.05, 0.1) is 36.5 Å². The monoisotopic (exact) mass is 339 g/mol. The molecule has 0 spiro atoms. The van der Waals surface area contributed by atoms with Crippen LogP contribution in [-0.4, -0.2) is 67.6 Å². The van der Waals surface area contributed by atoms with Gasteiger partial charge in [-0.2, -0.15) is 0 Å². The minimum absolute atomic E-state index is 0.0151. The summed E-state index contributed by atoms with van der Waals surface area (Å²) in [7, 11) is 1.76. The van der Waals surface area contributed by atoms with Crippen LogP contribution in [0.3, 0.4) is 0 Å². The van der Waals surface area contributed by atoms with Crippen molar-refractivity contribution in [3.05, 3.63) is 29.3 Å². The third-order valence-electron chi connectivity index (χ3n) is 3.88. The van der Waals surface area contributed by atoms with E-state index in [0.717, 1.165) is 0 Å². The van der Waals surface area contributed by atoms with Gasteiger partial charge in [0, 0.05) is 13.1 Å². The maximum absolute atomic E-state index is 12.4. The fourth-order valence-corrected chi connectivity index (χ4v) is 2.54. The Morgan fingerprint density at radius 1 is 1.35 bits per heavy atom. The number of morpholine rings is 1. The standard InChI is InChI=1S/C16H22ClN3O3/c1-12(16(22)20-7-9-23-10-8-20)19(2)11-15(21)18-14-6-4-3-5-13(14)17/h3-6,12H,7-11H2,1-2H3,(H,18,21)/t12-/m0/s1. The van der Waals surface area contributed by atoms with Gasteiger partial charge in [-0.25, -0.2) is 0 Å². The summed E-state index contributed by atoms with van der Waals surface area (Å²) in [6.45, 7) is 4.25. The second-order valence-electron chi connectivity index (χ2n) is 5.56. The molecule has 0 unspecified atom stereocenters. The maximum atomic E-state index is 12.4. The van der Waals surface area contributed by atoms with E-state index in [1.807, 2.05) is 0 Å². The molecule has 126 valence electrons. The molecule has 1 heterocycles. The first-order valence-electron chi connectivity index (χ1n) is 7.60. The molecule has 1 atom stereocenters. The highest BCUT2D eigenvalue weighted by molar-refractivity contribution is 6.33. The molecule has 23 heavy (non-hydrogen) atoms. The SMILES string of the molecule is C[C@@H](C(=O)N1CCOCC1)N(C)CC(=O)Nc1ccccc1Cl. The van der Waals surface area contributed by atoms with Crippen LogP contribution in [-0.2, 0) is 14.3 Å². The zero-order valence-electron chi connectivity index (χ0n) is 13.4. The van der Waals surface area contributed by atoms with Crippen molar-refractivity contribution in [2.75, 3.05) is 45.2 Å². The second kappa shape index (κ2) is 8.29. The number of ether oxygens (including phenoxy) is 1. The normalized spacial score (nSPS) is 16.3. The average molecular weight is 340 g/mol. The molecule has 1 aromatic carbocycles. The van der Waals surface area contributed by atoms with E-state index in [4.69, 9.17) is 16.3 Å². The van der Waals surface area contributed by atoms with E-state index in [0.29, 0.717) is 37.0 Å². The number of carbonyl (C=O) groups is 2. The summed E-state index contributed by atoms with van der Waals surface area (Å²) in [4.78, 5) is 28.0. The first kappa shape index (κ1) is 17.7. The van der Waals surface area contributed by atoms with Crippen molar-refractivity contribution in [1.29, 1.82) is 0 Å². The van der Waals surface area contributed by atoms with Gasteiger partial charge in [0.15, 0.2) is 0 Å². The number of nitrogens with one attached hydrogen (secondary N) is 1. The van der Waals surface area contributed by atoms with E-state index in [9.17, 15) is 9.59 Å². The third-order valence-corrected chi connectivity index (χ3v) is 4.21. The molecule has 0 aliphatic carbocycles. The fraction of sp³-hybridized carbons (Fsp3) is 0.500. The molecule has 1 N–H and O–H groups in total. The Morgan fingerprint density at radius 3 is 2.65 bits per heavy atom. The highest BCUT2D eigenvalue weighted by Gasteiger charge is 2.26. The summed E-state index contributed by atoms with van der Waals surface area (Å²) in [6, 6.07) is 6.68. The number of hydrogen-bond acceptors (Lipinski definition) is 4. The molecule has 1 aromatic rings. The number of amides is 2. The van der Waals surface area contributed by atoms with Crippen molar-refractivity contribution in [2.24, 2.45) is 0 Å². The van der Waals surface area contributed by atoms with E-state index in [-0.39, 0.29) is 24.4 Å². The zero-order valence-corrected chi connectivity index (χ0v) is 14.2. The lowest BCUT2D eigenvalue weighted by atomic mass is 10.2. The van der Waals surface area contributed by atoms with Crippen LogP contribution in [0.15, 0.2) is 24.3 Å². The van der Waals surface area contributed by atoms with Gasteiger partial charge >= 0.3 is 0 Å². The number of para-hydroxylation sites is 1. The van der Waals surface area contributed by atoms with E-state index < -0.39 is 0 Å². The number of nitrogens with zero attached hydrogens (tertiary/aromatic N) is 2. The van der Waals surface area contributed by atoms with Crippen LogP contribution in [0.2, 0.25) is 5.02 Å². The maximum Gasteiger partial charge on any atom is 0.239 e. The number of anilines is 1. The van der Waals surface area contributed by atoms with Crippen molar-refractivity contribution in [2.45, 2.75) is 13.0 Å². The molecule has 6 nitrogen and oxygen atoms in total. The lowest BCUT2D eigenvalue weighted by molar-refractivity contribution is -0.140. The van der Waals surface area contributed by atoms with Gasteiger partial charge in [0.2, 0.25) is 11.8 Å². The average Bonchev–Trinajstić information content (AvgIpc) is 2.56. The summed E-state index contributed by atoms with van der Waals surface area (Å²) in [5.74, 6) is -0.191. The lowest BCUT2D eigenvalue weighted by Gasteiger charge is -2.32. The van der Waals surface area contributed by atoms with Crippen LogP contribution in [0.4, 0.5) is 5.69 Å². The van der Waals surface area contributed by atoms with Crippen LogP contribution < -0.4 is 5.32 Å². The highest BCUT2D eigenvalue weighted by Crippen LogP contribution is 2.20. The van der Waals surface area contributed by atoms with E-state index in [1.54, 1.807) is 48.0 Å². The van der Waals surface area contributed by atoms with Crippen LogP contribution in [0, 0.1) is 0 Å². The van der Waals surface area contributed by atoms with Gasteiger partial charge in [-0.15, -0.1) is 0 Å². The number of benzene rings is 1. The molecule has 0 radical (unpaired) electrons. The van der Waals surface area contributed by atoms with Crippen molar-refractivity contribution < 1.29 is 14.3 Å². The first-order chi connectivity index (χ1) is 11.0. The van der Waals surface area contributed by atoms with E-state index >= 15 is 0 Å². The van der Waals surface area contributed by atoms with Crippen LogP contribution in [0.25, 0.3) is 0 Å². The second-order valence-corrected chi connectivity index (χ2v) is 5.96. The highest BCUT2D eigenvalue weighted by atomic mass is 35.5. The number of rotatable bonds is 5. The topological polar surface area (TPSA) is 61.9 Å². The van der Waals surface area contributed by atoms with Crippen molar-refractivity contribution in [3.8, 4) is 0 Å². The first-order valence-corrected chi connectivity index (χ1v) is 7.98. The van der Waals surface area contributed by atoms with Crippen molar-refractivity contribution >= 4 is 29.1 Å². The summed E-state index contributed by atoms with van der Waals surface area (Å²) in [5.41, 5.74) is 0.569. The largest absolute Gasteiger partial charge is 0.378 e. The molecular formula is C16H22ClN3O3. The van der Waals surface area contributed by atoms with Crippen LogP contribution in [0.5, 0.6) is 0 Å². The predicted molar refractivity (Wildman–Crippen MR) is 89.6 cm³/mol. The summed E-state index contributed by atoms with van der Waals surface area (Å²) in [5, 5.41) is 3.24. The van der Waals surface area contributed by atoms with Crippen molar-refractivity contribution in [3.63, 3.8) is 0 Å². The smallest absolute Gasteiger partial charge is 0.239 e. The van der Waals surface area contributed by atoms with Gasteiger partial charge in [-0.1, -0.05) is 23.7 Å². The molecular weight excluding hydrogens is 318 g/mol. The predicted octanol–water partition coefficient (Wildman–Crippen LogP) is 1.46. The van der Waals surface area contributed by atoms with Gasteiger partial charge in [-0.3, -0.25) is 14.5 Å². The Balaban J connectivity index is 1.87. The molecule has 2 amide bonds. The number of hydrogen-bond donors (Lipinski definition) is 1. The third kappa shape index (κ3) is 4.92. The van der Waals surface area contributed by atoms with Gasteiger partial charge in [0.1, 0.15) is 0 Å². The summed E-state index contributed by atoms with van der Waals surface area (Å²) < 4.78 is 5.25. The summed E-state index contributed by atoms with van der Waals surface area (Å²) in [6.07, 6.45) is 0. The number of halogens is 1. The number of likely N-dealkylation sites (N-methyl/N-ethyl adjacent to an activating group) is 1. The number of carbonyl (C=O) groups excluding carboxylic acids is 2. The molecule has 1 saturated heterocycles. The Labute approximate surface area is 141 Å². The quantitative estimate of drug-likeness (QED) is 0.882. The molecule has 7 heteroatoms. The van der Waals surface area contributed by atoms with E-state index in [2.05, 4.69) is 5.32 Å².